The van der Waals surface area contributed by atoms with Crippen LogP contribution in [0, 0.1) is 0 Å². The molecule has 0 bridgehead atoms. The molecule has 0 heterocycles. The lowest BCUT2D eigenvalue weighted by atomic mass is 10.5. The number of nitrogens with zero attached hydrogens (tertiary/aromatic N) is 1. The number of hydrogen-bond acceptors (Lipinski definition) is 4. The second kappa shape index (κ2) is 5.08. The Kier molecular flexibility index (Phi) is 4.69. The van der Waals surface area contributed by atoms with Crippen LogP contribution in [0.4, 0.5) is 0 Å². The molecule has 0 unspecified atom stereocenters. The Labute approximate surface area is 88.5 Å². The van der Waals surface area contributed by atoms with Gasteiger partial charge in [-0.15, -0.1) is 0 Å². The second-order valence-electron chi connectivity index (χ2n) is 3.29. The maximum atomic E-state index is 11.6. The summed E-state index contributed by atoms with van der Waals surface area (Å²) < 4.78 is 23.9. The number of hydrogen-bond donors (Lipinski definition) is 2. The van der Waals surface area contributed by atoms with E-state index in [4.69, 9.17) is 11.5 Å². The van der Waals surface area contributed by atoms with Crippen LogP contribution < -0.4 is 11.5 Å². The van der Waals surface area contributed by atoms with Crippen LogP contribution in [0.2, 0.25) is 0 Å². The van der Waals surface area contributed by atoms with Crippen LogP contribution in [-0.4, -0.2) is 42.9 Å². The molecule has 2 amide bonds. The lowest BCUT2D eigenvalue weighted by molar-refractivity contribution is -0.120. The maximum absolute atomic E-state index is 11.6. The molecule has 0 spiro atoms. The summed E-state index contributed by atoms with van der Waals surface area (Å²) in [6.45, 7) is 1.79. The minimum Gasteiger partial charge on any atom is -0.369 e. The van der Waals surface area contributed by atoms with E-state index in [9.17, 15) is 18.0 Å². The van der Waals surface area contributed by atoms with E-state index in [2.05, 4.69) is 0 Å². The molecule has 8 heteroatoms. The van der Waals surface area contributed by atoms with Gasteiger partial charge in [-0.2, -0.15) is 4.31 Å². The van der Waals surface area contributed by atoms with Crippen LogP contribution in [-0.2, 0) is 19.6 Å². The van der Waals surface area contributed by atoms with Gasteiger partial charge in [0, 0.05) is 0 Å². The van der Waals surface area contributed by atoms with Crippen LogP contribution in [0.5, 0.6) is 0 Å². The SMILES string of the molecule is CC(C)S(=O)(=O)N(CC(N)=O)CC(N)=O. The zero-order chi connectivity index (χ0) is 12.2. The quantitative estimate of drug-likeness (QED) is 0.554. The van der Waals surface area contributed by atoms with Crippen molar-refractivity contribution in [3.05, 3.63) is 0 Å². The molecule has 0 saturated carbocycles. The monoisotopic (exact) mass is 237 g/mol. The van der Waals surface area contributed by atoms with E-state index in [-0.39, 0.29) is 0 Å². The maximum Gasteiger partial charge on any atom is 0.232 e. The Morgan fingerprint density at radius 3 is 1.67 bits per heavy atom. The molecule has 0 aromatic rings. The zero-order valence-corrected chi connectivity index (χ0v) is 9.45. The van der Waals surface area contributed by atoms with E-state index in [1.807, 2.05) is 0 Å². The van der Waals surface area contributed by atoms with Gasteiger partial charge in [-0.1, -0.05) is 0 Å². The molecule has 0 aliphatic rings. The first-order chi connectivity index (χ1) is 6.67. The molecule has 0 aliphatic heterocycles. The topological polar surface area (TPSA) is 124 Å². The fourth-order valence-electron chi connectivity index (χ4n) is 0.882. The summed E-state index contributed by atoms with van der Waals surface area (Å²) in [7, 11) is -3.70. The van der Waals surface area contributed by atoms with Gasteiger partial charge in [0.15, 0.2) is 0 Å². The summed E-state index contributed by atoms with van der Waals surface area (Å²) >= 11 is 0. The van der Waals surface area contributed by atoms with Crippen LogP contribution in [0.25, 0.3) is 0 Å². The minimum atomic E-state index is -3.70. The third-order valence-corrected chi connectivity index (χ3v) is 3.79. The fourth-order valence-corrected chi connectivity index (χ4v) is 2.09. The molecule has 0 rings (SSSR count). The summed E-state index contributed by atoms with van der Waals surface area (Å²) in [5.41, 5.74) is 9.74. The molecule has 88 valence electrons. The number of carbonyl (C=O) groups is 2. The third kappa shape index (κ3) is 4.26. The summed E-state index contributed by atoms with van der Waals surface area (Å²) in [5.74, 6) is -1.67. The van der Waals surface area contributed by atoms with Crippen molar-refractivity contribution in [3.8, 4) is 0 Å². The Morgan fingerprint density at radius 2 is 1.47 bits per heavy atom. The standard InChI is InChI=1S/C7H15N3O4S/c1-5(2)15(13,14)10(3-6(8)11)4-7(9)12/h5H,3-4H2,1-2H3,(H2,8,11)(H2,9,12). The first-order valence-electron chi connectivity index (χ1n) is 4.23. The average molecular weight is 237 g/mol. The van der Waals surface area contributed by atoms with E-state index >= 15 is 0 Å². The number of amides is 2. The zero-order valence-electron chi connectivity index (χ0n) is 8.63. The predicted molar refractivity (Wildman–Crippen MR) is 54.0 cm³/mol. The molecule has 4 N–H and O–H groups in total. The highest BCUT2D eigenvalue weighted by Gasteiger charge is 2.28. The largest absolute Gasteiger partial charge is 0.369 e. The van der Waals surface area contributed by atoms with Gasteiger partial charge in [-0.25, -0.2) is 8.42 Å². The second-order valence-corrected chi connectivity index (χ2v) is 5.78. The first kappa shape index (κ1) is 13.8. The van der Waals surface area contributed by atoms with Gasteiger partial charge in [0.1, 0.15) is 0 Å². The molecular weight excluding hydrogens is 222 g/mol. The smallest absolute Gasteiger partial charge is 0.232 e. The molecule has 0 aromatic carbocycles. The molecule has 0 radical (unpaired) electrons. The number of carbonyl (C=O) groups excluding carboxylic acids is 2. The lowest BCUT2D eigenvalue weighted by Gasteiger charge is -2.21. The fraction of sp³-hybridized carbons (Fsp3) is 0.714. The average Bonchev–Trinajstić information content (AvgIpc) is 2.00. The van der Waals surface area contributed by atoms with E-state index in [0.29, 0.717) is 4.31 Å². The Hall–Kier alpha value is -1.15. The number of nitrogens with two attached hydrogens (primary N) is 2. The van der Waals surface area contributed by atoms with Gasteiger partial charge in [0.2, 0.25) is 21.8 Å². The van der Waals surface area contributed by atoms with Crippen molar-refractivity contribution in [2.75, 3.05) is 13.1 Å². The summed E-state index contributed by atoms with van der Waals surface area (Å²) in [4.78, 5) is 21.2. The van der Waals surface area contributed by atoms with Crippen molar-refractivity contribution >= 4 is 21.8 Å². The highest BCUT2D eigenvalue weighted by molar-refractivity contribution is 7.89. The molecule has 0 fully saturated rings. The summed E-state index contributed by atoms with van der Waals surface area (Å²) in [6.07, 6.45) is 0. The van der Waals surface area contributed by atoms with Gasteiger partial charge in [-0.05, 0) is 13.8 Å². The van der Waals surface area contributed by atoms with Crippen LogP contribution >= 0.6 is 0 Å². The number of primary amides is 2. The highest BCUT2D eigenvalue weighted by Crippen LogP contribution is 2.07. The molecular formula is C7H15N3O4S. The van der Waals surface area contributed by atoms with Crippen molar-refractivity contribution in [2.45, 2.75) is 19.1 Å². The lowest BCUT2D eigenvalue weighted by Crippen LogP contribution is -2.45. The van der Waals surface area contributed by atoms with Crippen LogP contribution in [0.15, 0.2) is 0 Å². The predicted octanol–water partition coefficient (Wildman–Crippen LogP) is -2.00. The van der Waals surface area contributed by atoms with Gasteiger partial charge in [-0.3, -0.25) is 9.59 Å². The Bertz CT molecular complexity index is 333. The molecule has 0 atom stereocenters. The molecule has 7 nitrogen and oxygen atoms in total. The van der Waals surface area contributed by atoms with Crippen molar-refractivity contribution in [3.63, 3.8) is 0 Å². The van der Waals surface area contributed by atoms with Crippen LogP contribution in [0.1, 0.15) is 13.8 Å². The van der Waals surface area contributed by atoms with Crippen LogP contribution in [0.3, 0.4) is 0 Å². The van der Waals surface area contributed by atoms with Gasteiger partial charge < -0.3 is 11.5 Å². The van der Waals surface area contributed by atoms with Crippen molar-refractivity contribution in [1.82, 2.24) is 4.31 Å². The molecule has 15 heavy (non-hydrogen) atoms. The molecule has 0 aromatic heterocycles. The Morgan fingerprint density at radius 1 is 1.13 bits per heavy atom. The number of sulfonamides is 1. The van der Waals surface area contributed by atoms with Crippen molar-refractivity contribution in [1.29, 1.82) is 0 Å². The van der Waals surface area contributed by atoms with Gasteiger partial charge in [0.05, 0.1) is 18.3 Å². The highest BCUT2D eigenvalue weighted by atomic mass is 32.2. The van der Waals surface area contributed by atoms with Gasteiger partial charge >= 0.3 is 0 Å². The first-order valence-corrected chi connectivity index (χ1v) is 5.73. The summed E-state index contributed by atoms with van der Waals surface area (Å²) in [6, 6.07) is 0. The minimum absolute atomic E-state index is 0.538. The molecule has 0 aliphatic carbocycles. The van der Waals surface area contributed by atoms with E-state index in [1.54, 1.807) is 0 Å². The summed E-state index contributed by atoms with van der Waals surface area (Å²) in [5, 5.41) is -0.740. The Balaban J connectivity index is 4.93. The molecule has 0 saturated heterocycles. The van der Waals surface area contributed by atoms with Crippen molar-refractivity contribution in [2.24, 2.45) is 11.5 Å². The normalized spacial score (nSPS) is 12.0. The van der Waals surface area contributed by atoms with Gasteiger partial charge in [0.25, 0.3) is 0 Å². The van der Waals surface area contributed by atoms with E-state index in [0.717, 1.165) is 0 Å². The number of rotatable bonds is 6. The van der Waals surface area contributed by atoms with E-state index in [1.165, 1.54) is 13.8 Å². The van der Waals surface area contributed by atoms with E-state index < -0.39 is 40.2 Å². The van der Waals surface area contributed by atoms with Crippen molar-refractivity contribution < 1.29 is 18.0 Å². The third-order valence-electron chi connectivity index (χ3n) is 1.62.